The molecule has 0 bridgehead atoms. The molecule has 5 aromatic rings. The lowest BCUT2D eigenvalue weighted by Crippen LogP contribution is -2.49. The van der Waals surface area contributed by atoms with E-state index in [1.165, 1.54) is 33.5 Å². The van der Waals surface area contributed by atoms with Crippen LogP contribution in [-0.2, 0) is 14.9 Å². The molecule has 0 saturated carbocycles. The number of morpholine rings is 1. The second-order valence-corrected chi connectivity index (χ2v) is 12.3. The van der Waals surface area contributed by atoms with Gasteiger partial charge in [-0.2, -0.15) is 17.8 Å². The predicted molar refractivity (Wildman–Crippen MR) is 163 cm³/mol. The number of pyridine rings is 1. The molecule has 1 aliphatic rings. The average Bonchev–Trinajstić information content (AvgIpc) is 3.58. The molecule has 1 aliphatic heterocycles. The van der Waals surface area contributed by atoms with Crippen molar-refractivity contribution in [2.45, 2.75) is 26.8 Å². The molecule has 45 heavy (non-hydrogen) atoms. The normalized spacial score (nSPS) is 15.8. The predicted octanol–water partition coefficient (Wildman–Crippen LogP) is 4.63. The van der Waals surface area contributed by atoms with Crippen LogP contribution in [0.4, 0.5) is 20.3 Å². The largest absolute Gasteiger partial charge is 0.433 e. The zero-order valence-corrected chi connectivity index (χ0v) is 25.3. The first-order valence-electron chi connectivity index (χ1n) is 13.9. The molecule has 12 nitrogen and oxygen atoms in total. The van der Waals surface area contributed by atoms with Crippen LogP contribution in [0.3, 0.4) is 0 Å². The maximum atomic E-state index is 14.0. The number of anilines is 2. The first-order chi connectivity index (χ1) is 21.4. The van der Waals surface area contributed by atoms with Crippen LogP contribution in [0.1, 0.15) is 34.1 Å². The van der Waals surface area contributed by atoms with E-state index in [1.54, 1.807) is 39.0 Å². The van der Waals surface area contributed by atoms with Gasteiger partial charge in [0.2, 0.25) is 17.4 Å². The van der Waals surface area contributed by atoms with Crippen molar-refractivity contribution in [1.82, 2.24) is 24.1 Å². The Bertz CT molecular complexity index is 2040. The van der Waals surface area contributed by atoms with Crippen LogP contribution in [0.25, 0.3) is 16.6 Å². The number of H-pyrrole nitrogens is 1. The van der Waals surface area contributed by atoms with Gasteiger partial charge in [0.15, 0.2) is 11.6 Å². The number of halogens is 2. The number of nitrogens with two attached hydrogens (primary N) is 1. The number of aryl methyl sites for hydroxylation is 2. The van der Waals surface area contributed by atoms with Gasteiger partial charge in [-0.15, -0.1) is 0 Å². The number of fused-ring (bicyclic) bond motifs is 1. The second kappa shape index (κ2) is 11.6. The van der Waals surface area contributed by atoms with Crippen molar-refractivity contribution in [3.63, 3.8) is 0 Å². The Labute approximate surface area is 256 Å². The summed E-state index contributed by atoms with van der Waals surface area (Å²) in [6, 6.07) is 9.61. The molecule has 15 heteroatoms. The molecule has 4 heterocycles. The summed E-state index contributed by atoms with van der Waals surface area (Å²) in [7, 11) is -3.84. The standard InChI is InChI=1S/C30H29F2N7O5S/c1-16-9-19-11-25(36-24(19)12-23(16)37-45(41,42)38-7-8-43-15-18(38)3)28(40)20-13-35-39(30(20)33)26-14-34-27(10-17(26)2)44-29-21(31)5-4-6-22(29)32/h4-6,9-14,18,36-37H,7-8,15,33H2,1-3H3/t18-/m1/s1. The lowest BCUT2D eigenvalue weighted by Gasteiger charge is -2.32. The van der Waals surface area contributed by atoms with Crippen LogP contribution in [0.2, 0.25) is 0 Å². The lowest BCUT2D eigenvalue weighted by atomic mass is 10.1. The SMILES string of the molecule is Cc1cc2cc(C(=O)c3cnn(-c4cnc(Oc5c(F)cccc5F)cc4C)c3N)[nH]c2cc1NS(=O)(=O)N1CCOC[C@H]1C. The molecule has 1 saturated heterocycles. The Balaban J connectivity index is 1.24. The summed E-state index contributed by atoms with van der Waals surface area (Å²) in [6.45, 7) is 6.13. The van der Waals surface area contributed by atoms with Crippen LogP contribution in [0.15, 0.2) is 54.9 Å². The molecule has 3 aromatic heterocycles. The summed E-state index contributed by atoms with van der Waals surface area (Å²) in [6.07, 6.45) is 2.70. The zero-order chi connectivity index (χ0) is 32.0. The molecular formula is C30H29F2N7O5S. The fraction of sp³-hybridized carbons (Fsp3) is 0.233. The van der Waals surface area contributed by atoms with Crippen molar-refractivity contribution in [2.24, 2.45) is 0 Å². The number of nitrogens with zero attached hydrogens (tertiary/aromatic N) is 4. The Hall–Kier alpha value is -4.86. The maximum Gasteiger partial charge on any atom is 0.302 e. The van der Waals surface area contributed by atoms with Gasteiger partial charge in [0, 0.05) is 29.6 Å². The van der Waals surface area contributed by atoms with Crippen molar-refractivity contribution < 1.29 is 31.5 Å². The number of nitrogens with one attached hydrogen (secondary N) is 2. The number of para-hydroxylation sites is 1. The summed E-state index contributed by atoms with van der Waals surface area (Å²) < 4.78 is 70.3. The first kappa shape index (κ1) is 30.2. The summed E-state index contributed by atoms with van der Waals surface area (Å²) in [5.41, 5.74) is 9.28. The number of benzene rings is 2. The van der Waals surface area contributed by atoms with Crippen LogP contribution in [-0.4, -0.2) is 64.1 Å². The number of carbonyl (C=O) groups excluding carboxylic acids is 1. The highest BCUT2D eigenvalue weighted by molar-refractivity contribution is 7.90. The topological polar surface area (TPSA) is 157 Å². The molecule has 1 atom stereocenters. The molecule has 4 N–H and O–H groups in total. The fourth-order valence-corrected chi connectivity index (χ4v) is 6.61. The molecule has 0 radical (unpaired) electrons. The van der Waals surface area contributed by atoms with E-state index in [1.807, 2.05) is 0 Å². The highest BCUT2D eigenvalue weighted by Crippen LogP contribution is 2.30. The highest BCUT2D eigenvalue weighted by atomic mass is 32.2. The number of rotatable bonds is 8. The molecule has 0 spiro atoms. The number of carbonyl (C=O) groups is 1. The van der Waals surface area contributed by atoms with Gasteiger partial charge in [0.25, 0.3) is 0 Å². The van der Waals surface area contributed by atoms with Gasteiger partial charge < -0.3 is 20.2 Å². The number of hydrogen-bond acceptors (Lipinski definition) is 8. The zero-order valence-electron chi connectivity index (χ0n) is 24.5. The first-order valence-corrected chi connectivity index (χ1v) is 15.3. The van der Waals surface area contributed by atoms with E-state index in [4.69, 9.17) is 15.2 Å². The Morgan fingerprint density at radius 2 is 1.89 bits per heavy atom. The molecule has 0 aliphatic carbocycles. The van der Waals surface area contributed by atoms with Crippen LogP contribution >= 0.6 is 0 Å². The maximum absolute atomic E-state index is 14.0. The van der Waals surface area contributed by atoms with E-state index < -0.39 is 33.4 Å². The van der Waals surface area contributed by atoms with E-state index in [0.717, 1.165) is 12.1 Å². The Morgan fingerprint density at radius 1 is 1.13 bits per heavy atom. The quantitative estimate of drug-likeness (QED) is 0.208. The van der Waals surface area contributed by atoms with Gasteiger partial charge in [0.05, 0.1) is 48.2 Å². The van der Waals surface area contributed by atoms with Crippen molar-refractivity contribution in [2.75, 3.05) is 30.2 Å². The van der Waals surface area contributed by atoms with Gasteiger partial charge in [-0.05, 0) is 62.2 Å². The minimum Gasteiger partial charge on any atom is -0.433 e. The van der Waals surface area contributed by atoms with Gasteiger partial charge in [0.1, 0.15) is 5.82 Å². The average molecular weight is 638 g/mol. The smallest absolute Gasteiger partial charge is 0.302 e. The monoisotopic (exact) mass is 637 g/mol. The molecule has 1 fully saturated rings. The van der Waals surface area contributed by atoms with Crippen molar-refractivity contribution in [3.05, 3.63) is 88.9 Å². The van der Waals surface area contributed by atoms with Crippen LogP contribution in [0.5, 0.6) is 11.6 Å². The number of nitrogen functional groups attached to an aromatic ring is 1. The van der Waals surface area contributed by atoms with Gasteiger partial charge in [-0.1, -0.05) is 6.07 Å². The second-order valence-electron chi connectivity index (χ2n) is 10.7. The van der Waals surface area contributed by atoms with Crippen LogP contribution in [0, 0.1) is 25.5 Å². The highest BCUT2D eigenvalue weighted by Gasteiger charge is 2.30. The molecule has 0 amide bonds. The van der Waals surface area contributed by atoms with Crippen LogP contribution < -0.4 is 15.2 Å². The number of aromatic nitrogens is 4. The van der Waals surface area contributed by atoms with Crippen molar-refractivity contribution >= 4 is 38.4 Å². The third-order valence-corrected chi connectivity index (χ3v) is 9.17. The number of ketones is 1. The molecule has 6 rings (SSSR count). The summed E-state index contributed by atoms with van der Waals surface area (Å²) >= 11 is 0. The number of aromatic amines is 1. The Kier molecular flexibility index (Phi) is 7.76. The van der Waals surface area contributed by atoms with E-state index in [9.17, 15) is 22.0 Å². The summed E-state index contributed by atoms with van der Waals surface area (Å²) in [5.74, 6) is -2.75. The van der Waals surface area contributed by atoms with Crippen molar-refractivity contribution in [1.29, 1.82) is 0 Å². The third kappa shape index (κ3) is 5.72. The van der Waals surface area contributed by atoms with E-state index in [2.05, 4.69) is 19.8 Å². The minimum absolute atomic E-state index is 0.0432. The van der Waals surface area contributed by atoms with Gasteiger partial charge in [-0.3, -0.25) is 9.52 Å². The Morgan fingerprint density at radius 3 is 2.60 bits per heavy atom. The third-order valence-electron chi connectivity index (χ3n) is 7.53. The number of hydrogen-bond donors (Lipinski definition) is 3. The molecule has 2 aromatic carbocycles. The van der Waals surface area contributed by atoms with E-state index in [-0.39, 0.29) is 35.5 Å². The molecule has 0 unspecified atom stereocenters. The summed E-state index contributed by atoms with van der Waals surface area (Å²) in [5, 5.41) is 4.97. The van der Waals surface area contributed by atoms with E-state index >= 15 is 0 Å². The molecule has 234 valence electrons. The minimum atomic E-state index is -3.84. The fourth-order valence-electron chi connectivity index (χ4n) is 5.15. The van der Waals surface area contributed by atoms with Gasteiger partial charge in [-0.25, -0.2) is 18.4 Å². The van der Waals surface area contributed by atoms with E-state index in [0.29, 0.717) is 46.6 Å². The van der Waals surface area contributed by atoms with Crippen molar-refractivity contribution in [3.8, 4) is 17.3 Å². The van der Waals surface area contributed by atoms with Gasteiger partial charge >= 0.3 is 10.2 Å². The molecular weight excluding hydrogens is 608 g/mol. The lowest BCUT2D eigenvalue weighted by molar-refractivity contribution is 0.0396. The summed E-state index contributed by atoms with van der Waals surface area (Å²) in [4.78, 5) is 20.7. The number of ether oxygens (including phenoxy) is 2.